The van der Waals surface area contributed by atoms with Gasteiger partial charge in [0.15, 0.2) is 0 Å². The van der Waals surface area contributed by atoms with Crippen LogP contribution in [0.5, 0.6) is 0 Å². The Hall–Kier alpha value is -0.0800. The molecule has 0 aromatic rings. The summed E-state index contributed by atoms with van der Waals surface area (Å²) in [5.41, 5.74) is 0. The van der Waals surface area contributed by atoms with Gasteiger partial charge in [-0.1, -0.05) is 27.7 Å². The van der Waals surface area contributed by atoms with Gasteiger partial charge in [0.05, 0.1) is 0 Å². The summed E-state index contributed by atoms with van der Waals surface area (Å²) in [5.74, 6) is 3.76. The van der Waals surface area contributed by atoms with Crippen molar-refractivity contribution in [2.45, 2.75) is 123 Å². The highest BCUT2D eigenvalue weighted by molar-refractivity contribution is 4.82. The zero-order valence-electron chi connectivity index (χ0n) is 19.1. The lowest BCUT2D eigenvalue weighted by Gasteiger charge is -2.34. The predicted molar refractivity (Wildman–Crippen MR) is 120 cm³/mol. The smallest absolute Gasteiger partial charge is 0.00672 e. The van der Waals surface area contributed by atoms with Crippen LogP contribution in [0.2, 0.25) is 0 Å². The zero-order chi connectivity index (χ0) is 19.5. The van der Waals surface area contributed by atoms with Crippen LogP contribution in [-0.4, -0.2) is 25.2 Å². The fourth-order valence-corrected chi connectivity index (χ4v) is 5.31. The first-order valence-corrected chi connectivity index (χ1v) is 12.5. The van der Waals surface area contributed by atoms with E-state index in [0.29, 0.717) is 0 Å². The van der Waals surface area contributed by atoms with Gasteiger partial charge in [0.2, 0.25) is 0 Å². The fourth-order valence-electron chi connectivity index (χ4n) is 5.31. The van der Waals surface area contributed by atoms with E-state index in [4.69, 9.17) is 0 Å². The Morgan fingerprint density at radius 2 is 0.963 bits per heavy atom. The molecule has 0 spiro atoms. The van der Waals surface area contributed by atoms with Crippen LogP contribution >= 0.6 is 0 Å². The van der Waals surface area contributed by atoms with E-state index in [1.54, 1.807) is 0 Å². The Bertz CT molecular complexity index is 315. The normalized spacial score (nSPS) is 29.6. The Balaban J connectivity index is 1.49. The second-order valence-corrected chi connectivity index (χ2v) is 10.7. The number of rotatable bonds is 12. The maximum Gasteiger partial charge on any atom is 0.00672 e. The van der Waals surface area contributed by atoms with E-state index in [9.17, 15) is 0 Å². The molecule has 0 aliphatic heterocycles. The van der Waals surface area contributed by atoms with Crippen molar-refractivity contribution in [2.75, 3.05) is 13.1 Å². The monoisotopic (exact) mass is 378 g/mol. The third-order valence-electron chi connectivity index (χ3n) is 7.14. The maximum atomic E-state index is 3.83. The number of hydrogen-bond acceptors (Lipinski definition) is 2. The molecule has 2 aliphatic rings. The summed E-state index contributed by atoms with van der Waals surface area (Å²) < 4.78 is 0. The Kier molecular flexibility index (Phi) is 11.3. The minimum atomic E-state index is 0.819. The Labute approximate surface area is 171 Å². The van der Waals surface area contributed by atoms with E-state index in [-0.39, 0.29) is 0 Å². The highest BCUT2D eigenvalue weighted by atomic mass is 14.9. The second-order valence-electron chi connectivity index (χ2n) is 10.7. The van der Waals surface area contributed by atoms with E-state index in [0.717, 1.165) is 35.8 Å². The second kappa shape index (κ2) is 13.2. The lowest BCUT2D eigenvalue weighted by atomic mass is 9.75. The van der Waals surface area contributed by atoms with Crippen LogP contribution in [0, 0.1) is 23.7 Å². The molecule has 2 N–H and O–H groups in total. The highest BCUT2D eigenvalue weighted by Gasteiger charge is 2.26. The summed E-state index contributed by atoms with van der Waals surface area (Å²) in [6, 6.07) is 1.64. The van der Waals surface area contributed by atoms with Crippen LogP contribution in [0.15, 0.2) is 0 Å². The van der Waals surface area contributed by atoms with Crippen molar-refractivity contribution >= 4 is 0 Å². The standard InChI is InChI=1S/C25H50N2/c1-20(2)7-5-17-26-24-13-9-22(10-14-24)19-23-11-15-25(16-12-23)27-18-6-8-21(3)4/h20-27H,5-19H2,1-4H3. The molecule has 2 nitrogen and oxygen atoms in total. The molecule has 160 valence electrons. The van der Waals surface area contributed by atoms with E-state index >= 15 is 0 Å². The van der Waals surface area contributed by atoms with Crippen molar-refractivity contribution in [2.24, 2.45) is 23.7 Å². The minimum absolute atomic E-state index is 0.819. The molecule has 0 bridgehead atoms. The molecule has 2 fully saturated rings. The summed E-state index contributed by atoms with van der Waals surface area (Å²) >= 11 is 0. The van der Waals surface area contributed by atoms with Crippen molar-refractivity contribution in [3.05, 3.63) is 0 Å². The molecule has 2 aliphatic carbocycles. The van der Waals surface area contributed by atoms with Gasteiger partial charge in [-0.2, -0.15) is 0 Å². The molecular formula is C25H50N2. The van der Waals surface area contributed by atoms with Gasteiger partial charge in [0, 0.05) is 12.1 Å². The van der Waals surface area contributed by atoms with E-state index in [1.807, 2.05) is 0 Å². The molecule has 2 saturated carbocycles. The van der Waals surface area contributed by atoms with E-state index in [1.165, 1.54) is 96.6 Å². The highest BCUT2D eigenvalue weighted by Crippen LogP contribution is 2.35. The van der Waals surface area contributed by atoms with E-state index in [2.05, 4.69) is 38.3 Å². The molecule has 0 heterocycles. The van der Waals surface area contributed by atoms with Gasteiger partial charge in [-0.05, 0) is 120 Å². The number of nitrogens with one attached hydrogen (secondary N) is 2. The average molecular weight is 379 g/mol. The van der Waals surface area contributed by atoms with E-state index < -0.39 is 0 Å². The van der Waals surface area contributed by atoms with Crippen molar-refractivity contribution in [1.82, 2.24) is 10.6 Å². The van der Waals surface area contributed by atoms with Gasteiger partial charge in [0.25, 0.3) is 0 Å². The molecule has 0 aromatic heterocycles. The van der Waals surface area contributed by atoms with Crippen molar-refractivity contribution < 1.29 is 0 Å². The van der Waals surface area contributed by atoms with Crippen LogP contribution in [0.3, 0.4) is 0 Å². The van der Waals surface area contributed by atoms with Crippen molar-refractivity contribution in [1.29, 1.82) is 0 Å². The zero-order valence-corrected chi connectivity index (χ0v) is 19.1. The first-order chi connectivity index (χ1) is 13.0. The molecule has 0 aromatic carbocycles. The van der Waals surface area contributed by atoms with Gasteiger partial charge < -0.3 is 10.6 Å². The lowest BCUT2D eigenvalue weighted by Crippen LogP contribution is -2.36. The van der Waals surface area contributed by atoms with Gasteiger partial charge in [0.1, 0.15) is 0 Å². The lowest BCUT2D eigenvalue weighted by molar-refractivity contribution is 0.206. The summed E-state index contributed by atoms with van der Waals surface area (Å²) in [7, 11) is 0. The van der Waals surface area contributed by atoms with Gasteiger partial charge in [-0.25, -0.2) is 0 Å². The molecule has 2 rings (SSSR count). The molecule has 0 unspecified atom stereocenters. The summed E-state index contributed by atoms with van der Waals surface area (Å²) in [6.07, 6.45) is 18.6. The quantitative estimate of drug-likeness (QED) is 0.376. The molecule has 2 heteroatoms. The van der Waals surface area contributed by atoms with Crippen LogP contribution in [0.25, 0.3) is 0 Å². The summed E-state index contributed by atoms with van der Waals surface area (Å²) in [6.45, 7) is 11.8. The van der Waals surface area contributed by atoms with Gasteiger partial charge >= 0.3 is 0 Å². The Morgan fingerprint density at radius 3 is 1.30 bits per heavy atom. The van der Waals surface area contributed by atoms with Crippen molar-refractivity contribution in [3.63, 3.8) is 0 Å². The number of hydrogen-bond donors (Lipinski definition) is 2. The summed E-state index contributed by atoms with van der Waals surface area (Å²) in [5, 5.41) is 7.66. The molecule has 0 atom stereocenters. The molecular weight excluding hydrogens is 328 g/mol. The third kappa shape index (κ3) is 10.3. The molecule has 27 heavy (non-hydrogen) atoms. The first kappa shape index (κ1) is 23.2. The van der Waals surface area contributed by atoms with Gasteiger partial charge in [-0.3, -0.25) is 0 Å². The van der Waals surface area contributed by atoms with Crippen LogP contribution in [0.1, 0.15) is 111 Å². The summed E-state index contributed by atoms with van der Waals surface area (Å²) in [4.78, 5) is 0. The largest absolute Gasteiger partial charge is 0.314 e. The topological polar surface area (TPSA) is 24.1 Å². The van der Waals surface area contributed by atoms with Crippen LogP contribution in [0.4, 0.5) is 0 Å². The maximum absolute atomic E-state index is 3.83. The van der Waals surface area contributed by atoms with Crippen LogP contribution in [-0.2, 0) is 0 Å². The Morgan fingerprint density at radius 1 is 0.593 bits per heavy atom. The first-order valence-electron chi connectivity index (χ1n) is 12.5. The molecule has 0 radical (unpaired) electrons. The van der Waals surface area contributed by atoms with Gasteiger partial charge in [-0.15, -0.1) is 0 Å². The van der Waals surface area contributed by atoms with Crippen LogP contribution < -0.4 is 10.6 Å². The minimum Gasteiger partial charge on any atom is -0.314 e. The molecule has 0 saturated heterocycles. The SMILES string of the molecule is CC(C)CCCNC1CCC(CC2CCC(NCCCC(C)C)CC2)CC1. The fraction of sp³-hybridized carbons (Fsp3) is 1.00. The third-order valence-corrected chi connectivity index (χ3v) is 7.14. The van der Waals surface area contributed by atoms with Crippen molar-refractivity contribution in [3.8, 4) is 0 Å². The predicted octanol–water partition coefficient (Wildman–Crippen LogP) is 6.55. The average Bonchev–Trinajstić information content (AvgIpc) is 2.65. The molecule has 0 amide bonds.